The molecular weight excluding hydrogens is 452 g/mol. The maximum Gasteiger partial charge on any atom is 0.359 e. The van der Waals surface area contributed by atoms with Crippen LogP contribution in [0.5, 0.6) is 0 Å². The van der Waals surface area contributed by atoms with Crippen molar-refractivity contribution in [1.29, 1.82) is 0 Å². The molecule has 3 unspecified atom stereocenters. The van der Waals surface area contributed by atoms with Gasteiger partial charge in [0, 0.05) is 6.92 Å². The van der Waals surface area contributed by atoms with Crippen molar-refractivity contribution in [3.8, 4) is 0 Å². The largest absolute Gasteiger partial charge is 0.359 e. The highest BCUT2D eigenvalue weighted by molar-refractivity contribution is 5.76. The normalized spacial score (nSPS) is 19.3. The maximum absolute atomic E-state index is 12.8. The predicted molar refractivity (Wildman–Crippen MR) is 130 cm³/mol. The zero-order valence-corrected chi connectivity index (χ0v) is 21.9. The van der Waals surface area contributed by atoms with Gasteiger partial charge in [-0.3, -0.25) is 0 Å². The molecule has 0 aromatic carbocycles. The number of hydrogen-bond donors (Lipinski definition) is 0. The van der Waals surface area contributed by atoms with Crippen molar-refractivity contribution in [2.24, 2.45) is 23.7 Å². The second-order valence-electron chi connectivity index (χ2n) is 9.80. The molecule has 0 fully saturated rings. The number of hydrogen-bond acceptors (Lipinski definition) is 8. The number of carbonyl (C=O) groups is 4. The molecule has 1 rings (SSSR count). The van der Waals surface area contributed by atoms with Crippen molar-refractivity contribution >= 4 is 23.9 Å². The molecule has 200 valence electrons. The summed E-state index contributed by atoms with van der Waals surface area (Å²) in [4.78, 5) is 64.8. The van der Waals surface area contributed by atoms with E-state index in [2.05, 4.69) is 28.9 Å². The van der Waals surface area contributed by atoms with Gasteiger partial charge in [-0.05, 0) is 37.5 Å². The molecule has 0 radical (unpaired) electrons. The number of carbonyl (C=O) groups excluding carboxylic acids is 4. The van der Waals surface area contributed by atoms with E-state index in [1.807, 2.05) is 0 Å². The third kappa shape index (κ3) is 13.9. The topological polar surface area (TPSA) is 105 Å². The van der Waals surface area contributed by atoms with Crippen LogP contribution in [0.3, 0.4) is 0 Å². The summed E-state index contributed by atoms with van der Waals surface area (Å²) in [6.07, 6.45) is 16.4. The lowest BCUT2D eigenvalue weighted by atomic mass is 9.75. The minimum absolute atomic E-state index is 0.111. The molecular formula is C27H44O8. The maximum atomic E-state index is 12.8. The van der Waals surface area contributed by atoms with Crippen LogP contribution >= 0.6 is 0 Å². The van der Waals surface area contributed by atoms with Crippen LogP contribution in [0.2, 0.25) is 0 Å². The number of rotatable bonds is 15. The first-order valence-corrected chi connectivity index (χ1v) is 13.2. The molecule has 8 heteroatoms. The van der Waals surface area contributed by atoms with E-state index in [0.29, 0.717) is 18.8 Å². The van der Waals surface area contributed by atoms with E-state index in [1.165, 1.54) is 13.3 Å². The summed E-state index contributed by atoms with van der Waals surface area (Å²) in [5.74, 6) is -2.42. The number of allylic oxidation sites excluding steroid dienone is 2. The first-order chi connectivity index (χ1) is 16.7. The van der Waals surface area contributed by atoms with Gasteiger partial charge in [-0.15, -0.1) is 0 Å². The van der Waals surface area contributed by atoms with Gasteiger partial charge in [0.05, 0.1) is 18.3 Å². The highest BCUT2D eigenvalue weighted by atomic mass is 17.2. The van der Waals surface area contributed by atoms with Crippen LogP contribution in [-0.2, 0) is 38.7 Å². The summed E-state index contributed by atoms with van der Waals surface area (Å²) < 4.78 is 0. The van der Waals surface area contributed by atoms with Crippen molar-refractivity contribution in [3.63, 3.8) is 0 Å². The van der Waals surface area contributed by atoms with Gasteiger partial charge in [-0.2, -0.15) is 0 Å². The van der Waals surface area contributed by atoms with Crippen LogP contribution in [0.4, 0.5) is 0 Å². The molecule has 0 bridgehead atoms. The van der Waals surface area contributed by atoms with E-state index in [-0.39, 0.29) is 24.2 Å². The van der Waals surface area contributed by atoms with Gasteiger partial charge in [0.2, 0.25) is 0 Å². The smallest absolute Gasteiger partial charge is 0.248 e. The average molecular weight is 497 g/mol. The van der Waals surface area contributed by atoms with Crippen LogP contribution in [0.25, 0.3) is 0 Å². The van der Waals surface area contributed by atoms with Crippen LogP contribution < -0.4 is 0 Å². The quantitative estimate of drug-likeness (QED) is 0.115. The summed E-state index contributed by atoms with van der Waals surface area (Å²) in [6.45, 7) is 6.74. The minimum Gasteiger partial charge on any atom is -0.248 e. The summed E-state index contributed by atoms with van der Waals surface area (Å²) in [5, 5.41) is 0. The van der Waals surface area contributed by atoms with Crippen molar-refractivity contribution < 1.29 is 38.7 Å². The fourth-order valence-electron chi connectivity index (χ4n) is 4.20. The van der Waals surface area contributed by atoms with Gasteiger partial charge < -0.3 is 0 Å². The van der Waals surface area contributed by atoms with Gasteiger partial charge in [0.25, 0.3) is 0 Å². The van der Waals surface area contributed by atoms with Crippen molar-refractivity contribution in [2.75, 3.05) is 0 Å². The van der Waals surface area contributed by atoms with Crippen LogP contribution in [0.15, 0.2) is 12.2 Å². The molecule has 8 nitrogen and oxygen atoms in total. The van der Waals surface area contributed by atoms with Crippen molar-refractivity contribution in [3.05, 3.63) is 12.2 Å². The van der Waals surface area contributed by atoms with E-state index in [0.717, 1.165) is 57.8 Å². The van der Waals surface area contributed by atoms with Crippen LogP contribution in [0.1, 0.15) is 111 Å². The Morgan fingerprint density at radius 3 is 2.14 bits per heavy atom. The van der Waals surface area contributed by atoms with Gasteiger partial charge >= 0.3 is 23.9 Å². The Balaban J connectivity index is 2.42. The molecule has 35 heavy (non-hydrogen) atoms. The second kappa shape index (κ2) is 18.0. The van der Waals surface area contributed by atoms with Crippen molar-refractivity contribution in [2.45, 2.75) is 111 Å². The molecule has 0 spiro atoms. The van der Waals surface area contributed by atoms with Gasteiger partial charge in [0.1, 0.15) is 0 Å². The molecule has 0 N–H and O–H groups in total. The summed E-state index contributed by atoms with van der Waals surface area (Å²) >= 11 is 0. The highest BCUT2D eigenvalue weighted by Crippen LogP contribution is 2.35. The predicted octanol–water partition coefficient (Wildman–Crippen LogP) is 6.17. The fourth-order valence-corrected chi connectivity index (χ4v) is 4.20. The lowest BCUT2D eigenvalue weighted by Crippen LogP contribution is -2.31. The van der Waals surface area contributed by atoms with E-state index in [1.54, 1.807) is 13.8 Å². The fraction of sp³-hybridized carbons (Fsp3) is 0.778. The first-order valence-electron chi connectivity index (χ1n) is 13.2. The lowest BCUT2D eigenvalue weighted by molar-refractivity contribution is -0.265. The van der Waals surface area contributed by atoms with Crippen molar-refractivity contribution in [1.82, 2.24) is 0 Å². The standard InChI is InChI=1S/C27H44O8/c1-5-6-7-12-15-23-18-17-22(19-24(23)27(31)35-34-26(30)20(2)3)14-11-9-8-10-13-16-25(29)33-32-21(4)28/h17-18,20,22-24H,5-16,19H2,1-4H3. The van der Waals surface area contributed by atoms with E-state index in [9.17, 15) is 19.2 Å². The summed E-state index contributed by atoms with van der Waals surface area (Å²) in [5.41, 5.74) is 0. The van der Waals surface area contributed by atoms with Gasteiger partial charge in [-0.25, -0.2) is 38.7 Å². The van der Waals surface area contributed by atoms with Crippen LogP contribution in [0, 0.1) is 23.7 Å². The molecule has 1 aliphatic rings. The van der Waals surface area contributed by atoms with E-state index < -0.39 is 23.9 Å². The molecule has 0 aromatic heterocycles. The van der Waals surface area contributed by atoms with E-state index in [4.69, 9.17) is 9.78 Å². The van der Waals surface area contributed by atoms with E-state index >= 15 is 0 Å². The molecule has 0 aliphatic heterocycles. The Morgan fingerprint density at radius 1 is 0.800 bits per heavy atom. The molecule has 0 heterocycles. The molecule has 0 saturated carbocycles. The lowest BCUT2D eigenvalue weighted by Gasteiger charge is -2.30. The Labute approximate surface area is 209 Å². The average Bonchev–Trinajstić information content (AvgIpc) is 2.83. The zero-order chi connectivity index (χ0) is 26.1. The molecule has 1 aliphatic carbocycles. The minimum atomic E-state index is -0.648. The Kier molecular flexibility index (Phi) is 15.7. The number of unbranched alkanes of at least 4 members (excludes halogenated alkanes) is 7. The molecule has 0 aromatic rings. The summed E-state index contributed by atoms with van der Waals surface area (Å²) in [7, 11) is 0. The Morgan fingerprint density at radius 2 is 1.46 bits per heavy atom. The third-order valence-corrected chi connectivity index (χ3v) is 6.28. The molecule has 0 amide bonds. The molecule has 0 saturated heterocycles. The second-order valence-corrected chi connectivity index (χ2v) is 9.80. The van der Waals surface area contributed by atoms with Gasteiger partial charge in [0.15, 0.2) is 0 Å². The third-order valence-electron chi connectivity index (χ3n) is 6.28. The van der Waals surface area contributed by atoms with Gasteiger partial charge in [-0.1, -0.05) is 84.3 Å². The highest BCUT2D eigenvalue weighted by Gasteiger charge is 2.34. The SMILES string of the molecule is CCCCCCC1C=CC(CCCCCCCC(=O)OOC(C)=O)CC1C(=O)OOC(=O)C(C)C. The monoisotopic (exact) mass is 496 g/mol. The Hall–Kier alpha value is -2.38. The summed E-state index contributed by atoms with van der Waals surface area (Å²) in [6, 6.07) is 0. The molecule has 3 atom stereocenters. The van der Waals surface area contributed by atoms with Crippen LogP contribution in [-0.4, -0.2) is 23.9 Å². The first kappa shape index (κ1) is 30.7. The zero-order valence-electron chi connectivity index (χ0n) is 21.9. The Bertz CT molecular complexity index is 685.